The second-order valence-electron chi connectivity index (χ2n) is 3.84. The first kappa shape index (κ1) is 12.1. The third-order valence-electron chi connectivity index (χ3n) is 2.47. The molecule has 6 heteroatoms. The lowest BCUT2D eigenvalue weighted by Gasteiger charge is -2.04. The van der Waals surface area contributed by atoms with Gasteiger partial charge in [-0.05, 0) is 30.7 Å². The number of aromatic nitrogens is 3. The van der Waals surface area contributed by atoms with Gasteiger partial charge in [0.15, 0.2) is 0 Å². The second kappa shape index (κ2) is 5.81. The van der Waals surface area contributed by atoms with Gasteiger partial charge in [0.25, 0.3) is 5.91 Å². The van der Waals surface area contributed by atoms with E-state index in [1.807, 2.05) is 0 Å². The lowest BCUT2D eigenvalue weighted by Crippen LogP contribution is -2.24. The van der Waals surface area contributed by atoms with E-state index in [1.165, 1.54) is 18.5 Å². The van der Waals surface area contributed by atoms with Crippen LogP contribution in [0.25, 0.3) is 0 Å². The first-order valence-corrected chi connectivity index (χ1v) is 5.67. The number of phenols is 1. The molecule has 0 saturated heterocycles. The van der Waals surface area contributed by atoms with Crippen molar-refractivity contribution in [2.75, 3.05) is 6.54 Å². The number of carbonyl (C=O) groups is 1. The monoisotopic (exact) mass is 246 g/mol. The molecule has 0 bridgehead atoms. The maximum absolute atomic E-state index is 11.7. The predicted octanol–water partition coefficient (Wildman–Crippen LogP) is 0.873. The molecule has 1 aromatic carbocycles. The quantitative estimate of drug-likeness (QED) is 0.683. The number of aryl methyl sites for hydroxylation is 1. The van der Waals surface area contributed by atoms with Crippen molar-refractivity contribution in [2.45, 2.75) is 12.8 Å². The number of hydrogen-bond acceptors (Lipinski definition) is 4. The minimum atomic E-state index is -0.146. The van der Waals surface area contributed by atoms with Gasteiger partial charge in [0.2, 0.25) is 0 Å². The smallest absolute Gasteiger partial charge is 0.251 e. The Morgan fingerprint density at radius 1 is 1.33 bits per heavy atom. The summed E-state index contributed by atoms with van der Waals surface area (Å²) in [6.07, 6.45) is 3.00. The Kier molecular flexibility index (Phi) is 3.90. The first-order chi connectivity index (χ1) is 8.75. The van der Waals surface area contributed by atoms with Crippen LogP contribution in [0.5, 0.6) is 5.75 Å². The van der Waals surface area contributed by atoms with Gasteiger partial charge < -0.3 is 10.4 Å². The van der Waals surface area contributed by atoms with Crippen LogP contribution in [0.2, 0.25) is 0 Å². The number of hydrogen-bond donors (Lipinski definition) is 3. The number of benzene rings is 1. The van der Waals surface area contributed by atoms with Gasteiger partial charge in [-0.15, -0.1) is 0 Å². The molecule has 0 aliphatic carbocycles. The molecule has 0 radical (unpaired) electrons. The third kappa shape index (κ3) is 3.31. The van der Waals surface area contributed by atoms with Gasteiger partial charge in [-0.1, -0.05) is 0 Å². The number of rotatable bonds is 5. The Morgan fingerprint density at radius 3 is 2.78 bits per heavy atom. The van der Waals surface area contributed by atoms with E-state index in [0.29, 0.717) is 12.1 Å². The molecule has 1 aromatic heterocycles. The maximum Gasteiger partial charge on any atom is 0.251 e. The predicted molar refractivity (Wildman–Crippen MR) is 65.1 cm³/mol. The zero-order chi connectivity index (χ0) is 12.8. The number of aromatic amines is 1. The van der Waals surface area contributed by atoms with E-state index in [0.717, 1.165) is 18.7 Å². The molecule has 1 amide bonds. The van der Waals surface area contributed by atoms with Gasteiger partial charge in [0, 0.05) is 18.5 Å². The van der Waals surface area contributed by atoms with E-state index in [4.69, 9.17) is 5.11 Å². The van der Waals surface area contributed by atoms with Crippen molar-refractivity contribution in [3.63, 3.8) is 0 Å². The van der Waals surface area contributed by atoms with Crippen molar-refractivity contribution < 1.29 is 9.90 Å². The Hall–Kier alpha value is -2.37. The van der Waals surface area contributed by atoms with Gasteiger partial charge in [0.05, 0.1) is 0 Å². The van der Waals surface area contributed by atoms with Crippen LogP contribution >= 0.6 is 0 Å². The molecule has 0 aliphatic heterocycles. The van der Waals surface area contributed by atoms with Gasteiger partial charge in [-0.25, -0.2) is 4.98 Å². The summed E-state index contributed by atoms with van der Waals surface area (Å²) in [6, 6.07) is 6.15. The highest BCUT2D eigenvalue weighted by Gasteiger charge is 2.04. The van der Waals surface area contributed by atoms with Crippen LogP contribution in [-0.2, 0) is 6.42 Å². The SMILES string of the molecule is O=C(NCCCc1ncn[nH]1)c1ccc(O)cc1. The summed E-state index contributed by atoms with van der Waals surface area (Å²) in [5.41, 5.74) is 0.535. The van der Waals surface area contributed by atoms with E-state index in [9.17, 15) is 4.79 Å². The van der Waals surface area contributed by atoms with Gasteiger partial charge >= 0.3 is 0 Å². The van der Waals surface area contributed by atoms with Crippen LogP contribution in [0, 0.1) is 0 Å². The van der Waals surface area contributed by atoms with Crippen LogP contribution in [0.4, 0.5) is 0 Å². The van der Waals surface area contributed by atoms with Crippen LogP contribution < -0.4 is 5.32 Å². The molecule has 18 heavy (non-hydrogen) atoms. The number of carbonyl (C=O) groups excluding carboxylic acids is 1. The zero-order valence-electron chi connectivity index (χ0n) is 9.76. The van der Waals surface area contributed by atoms with Gasteiger partial charge in [-0.2, -0.15) is 5.10 Å². The fourth-order valence-corrected chi connectivity index (χ4v) is 1.52. The average Bonchev–Trinajstić information content (AvgIpc) is 2.88. The van der Waals surface area contributed by atoms with Crippen molar-refractivity contribution in [1.82, 2.24) is 20.5 Å². The maximum atomic E-state index is 11.7. The molecule has 0 fully saturated rings. The zero-order valence-corrected chi connectivity index (χ0v) is 9.76. The van der Waals surface area contributed by atoms with Crippen LogP contribution in [0.15, 0.2) is 30.6 Å². The Morgan fingerprint density at radius 2 is 2.11 bits per heavy atom. The van der Waals surface area contributed by atoms with Crippen molar-refractivity contribution in [1.29, 1.82) is 0 Å². The van der Waals surface area contributed by atoms with Crippen molar-refractivity contribution in [3.05, 3.63) is 42.0 Å². The number of nitrogens with one attached hydrogen (secondary N) is 2. The van der Waals surface area contributed by atoms with E-state index in [-0.39, 0.29) is 11.7 Å². The van der Waals surface area contributed by atoms with E-state index < -0.39 is 0 Å². The molecular weight excluding hydrogens is 232 g/mol. The second-order valence-corrected chi connectivity index (χ2v) is 3.84. The molecule has 2 aromatic rings. The Balaban J connectivity index is 1.73. The van der Waals surface area contributed by atoms with Crippen LogP contribution in [0.3, 0.4) is 0 Å². The lowest BCUT2D eigenvalue weighted by atomic mass is 10.2. The minimum absolute atomic E-state index is 0.146. The minimum Gasteiger partial charge on any atom is -0.508 e. The molecule has 0 atom stereocenters. The topological polar surface area (TPSA) is 90.9 Å². The molecule has 2 rings (SSSR count). The molecule has 0 saturated carbocycles. The highest BCUT2D eigenvalue weighted by atomic mass is 16.3. The largest absolute Gasteiger partial charge is 0.508 e. The molecule has 6 nitrogen and oxygen atoms in total. The van der Waals surface area contributed by atoms with Crippen LogP contribution in [-0.4, -0.2) is 32.7 Å². The van der Waals surface area contributed by atoms with Crippen molar-refractivity contribution in [2.24, 2.45) is 0 Å². The summed E-state index contributed by atoms with van der Waals surface area (Å²) in [7, 11) is 0. The molecule has 1 heterocycles. The summed E-state index contributed by atoms with van der Waals surface area (Å²) >= 11 is 0. The van der Waals surface area contributed by atoms with Crippen molar-refractivity contribution in [3.8, 4) is 5.75 Å². The summed E-state index contributed by atoms with van der Waals surface area (Å²) in [6.45, 7) is 0.570. The highest BCUT2D eigenvalue weighted by molar-refractivity contribution is 5.94. The number of aromatic hydroxyl groups is 1. The van der Waals surface area contributed by atoms with Gasteiger partial charge in [0.1, 0.15) is 17.9 Å². The van der Waals surface area contributed by atoms with E-state index >= 15 is 0 Å². The molecule has 0 aliphatic rings. The number of phenolic OH excluding ortho intramolecular Hbond substituents is 1. The summed E-state index contributed by atoms with van der Waals surface area (Å²) in [5.74, 6) is 0.818. The summed E-state index contributed by atoms with van der Waals surface area (Å²) in [5, 5.41) is 18.4. The third-order valence-corrected chi connectivity index (χ3v) is 2.47. The van der Waals surface area contributed by atoms with E-state index in [1.54, 1.807) is 12.1 Å². The van der Waals surface area contributed by atoms with E-state index in [2.05, 4.69) is 20.5 Å². The number of nitrogens with zero attached hydrogens (tertiary/aromatic N) is 2. The van der Waals surface area contributed by atoms with Crippen LogP contribution in [0.1, 0.15) is 22.6 Å². The fraction of sp³-hybridized carbons (Fsp3) is 0.250. The number of amides is 1. The molecule has 0 unspecified atom stereocenters. The molecule has 94 valence electrons. The average molecular weight is 246 g/mol. The lowest BCUT2D eigenvalue weighted by molar-refractivity contribution is 0.0953. The molecular formula is C12H14N4O2. The molecule has 3 N–H and O–H groups in total. The summed E-state index contributed by atoms with van der Waals surface area (Å²) in [4.78, 5) is 15.7. The van der Waals surface area contributed by atoms with Crippen molar-refractivity contribution >= 4 is 5.91 Å². The van der Waals surface area contributed by atoms with Gasteiger partial charge in [-0.3, -0.25) is 9.89 Å². The Bertz CT molecular complexity index is 493. The molecule has 0 spiro atoms. The first-order valence-electron chi connectivity index (χ1n) is 5.67. The highest BCUT2D eigenvalue weighted by Crippen LogP contribution is 2.09. The summed E-state index contributed by atoms with van der Waals surface area (Å²) < 4.78 is 0. The standard InChI is InChI=1S/C12H14N4O2/c17-10-5-3-9(4-6-10)12(18)13-7-1-2-11-14-8-15-16-11/h3-6,8,17H,1-2,7H2,(H,13,18)(H,14,15,16). The normalized spacial score (nSPS) is 10.2. The Labute approximate surface area is 104 Å². The fourth-order valence-electron chi connectivity index (χ4n) is 1.52. The number of H-pyrrole nitrogens is 1.